The fourth-order valence-corrected chi connectivity index (χ4v) is 5.56. The van der Waals surface area contributed by atoms with Gasteiger partial charge in [-0.3, -0.25) is 4.72 Å². The second-order valence-corrected chi connectivity index (χ2v) is 11.5. The first-order valence-corrected chi connectivity index (χ1v) is 13.0. The van der Waals surface area contributed by atoms with E-state index in [9.17, 15) is 16.8 Å². The normalized spacial score (nSPS) is 18.1. The molecule has 0 aromatic heterocycles. The second-order valence-electron chi connectivity index (χ2n) is 7.66. The van der Waals surface area contributed by atoms with Crippen LogP contribution in [0.25, 0.3) is 0 Å². The zero-order valence-electron chi connectivity index (χ0n) is 18.0. The molecule has 0 saturated carbocycles. The summed E-state index contributed by atoms with van der Waals surface area (Å²) < 4.78 is 59.7. The summed E-state index contributed by atoms with van der Waals surface area (Å²) in [6, 6.07) is 12.5. The molecular formula is C21H29N3O5S2. The first-order chi connectivity index (χ1) is 14.6. The van der Waals surface area contributed by atoms with Gasteiger partial charge in [0, 0.05) is 34.3 Å². The summed E-state index contributed by atoms with van der Waals surface area (Å²) in [5.41, 5.74) is 1.30. The molecule has 1 saturated heterocycles. The van der Waals surface area contributed by atoms with Gasteiger partial charge in [0.2, 0.25) is 10.0 Å². The maximum atomic E-state index is 13.0. The van der Waals surface area contributed by atoms with E-state index in [4.69, 9.17) is 4.74 Å². The molecule has 3 rings (SSSR count). The van der Waals surface area contributed by atoms with Gasteiger partial charge in [0.15, 0.2) is 0 Å². The van der Waals surface area contributed by atoms with E-state index in [1.165, 1.54) is 38.4 Å². The van der Waals surface area contributed by atoms with Gasteiger partial charge in [0.1, 0.15) is 0 Å². The molecule has 0 aliphatic carbocycles. The summed E-state index contributed by atoms with van der Waals surface area (Å²) in [4.78, 5) is 2.20. The van der Waals surface area contributed by atoms with Crippen LogP contribution in [0.5, 0.6) is 0 Å². The monoisotopic (exact) mass is 467 g/mol. The van der Waals surface area contributed by atoms with Gasteiger partial charge in [-0.05, 0) is 55.7 Å². The lowest BCUT2D eigenvalue weighted by Gasteiger charge is -2.26. The van der Waals surface area contributed by atoms with Crippen LogP contribution in [-0.2, 0) is 24.8 Å². The highest BCUT2D eigenvalue weighted by Gasteiger charge is 2.23. The average Bonchev–Trinajstić information content (AvgIpc) is 2.99. The predicted molar refractivity (Wildman–Crippen MR) is 121 cm³/mol. The van der Waals surface area contributed by atoms with E-state index in [0.717, 1.165) is 42.3 Å². The molecule has 1 atom stereocenters. The Morgan fingerprint density at radius 3 is 2.23 bits per heavy atom. The molecule has 1 aliphatic heterocycles. The summed E-state index contributed by atoms with van der Waals surface area (Å²) in [5.74, 6) is 0. The van der Waals surface area contributed by atoms with Crippen LogP contribution in [0.1, 0.15) is 19.3 Å². The zero-order valence-corrected chi connectivity index (χ0v) is 19.6. The number of nitrogens with zero attached hydrogens (tertiary/aromatic N) is 2. The smallest absolute Gasteiger partial charge is 0.261 e. The van der Waals surface area contributed by atoms with Crippen molar-refractivity contribution in [1.82, 2.24) is 4.31 Å². The number of para-hydroxylation sites is 2. The number of hydrogen-bond donors (Lipinski definition) is 1. The van der Waals surface area contributed by atoms with Gasteiger partial charge in [-0.15, -0.1) is 0 Å². The van der Waals surface area contributed by atoms with Crippen LogP contribution in [0.15, 0.2) is 58.3 Å². The van der Waals surface area contributed by atoms with Crippen LogP contribution in [0, 0.1) is 0 Å². The minimum Gasteiger partial charge on any atom is -0.381 e. The molecule has 170 valence electrons. The van der Waals surface area contributed by atoms with Gasteiger partial charge in [-0.2, -0.15) is 0 Å². The summed E-state index contributed by atoms with van der Waals surface area (Å²) in [6.07, 6.45) is 3.02. The van der Waals surface area contributed by atoms with Crippen molar-refractivity contribution in [3.63, 3.8) is 0 Å². The summed E-state index contributed by atoms with van der Waals surface area (Å²) >= 11 is 0. The molecule has 0 spiro atoms. The molecule has 1 N–H and O–H groups in total. The number of methoxy groups -OCH3 is 1. The standard InChI is InChI=1S/C21H29N3O5S2/c1-23(2)31(27,28)19-12-10-18(11-13-19)30(25,26)22-20-8-4-5-9-21(20)24-15-6-7-17(29-3)14-16-24/h4-5,8-13,17,22H,6-7,14-16H2,1-3H3. The highest BCUT2D eigenvalue weighted by atomic mass is 32.2. The lowest BCUT2D eigenvalue weighted by atomic mass is 10.2. The van der Waals surface area contributed by atoms with Crippen molar-refractivity contribution in [2.24, 2.45) is 0 Å². The van der Waals surface area contributed by atoms with Crippen LogP contribution in [0.3, 0.4) is 0 Å². The number of hydrogen-bond acceptors (Lipinski definition) is 6. The third-order valence-corrected chi connectivity index (χ3v) is 8.62. The molecule has 0 bridgehead atoms. The maximum Gasteiger partial charge on any atom is 0.261 e. The number of nitrogens with one attached hydrogen (secondary N) is 1. The fraction of sp³-hybridized carbons (Fsp3) is 0.429. The summed E-state index contributed by atoms with van der Waals surface area (Å²) in [6.45, 7) is 1.59. The third kappa shape index (κ3) is 5.38. The molecule has 1 unspecified atom stereocenters. The van der Waals surface area contributed by atoms with E-state index in [-0.39, 0.29) is 15.9 Å². The fourth-order valence-electron chi connectivity index (χ4n) is 3.58. The minimum absolute atomic E-state index is 0.00433. The molecule has 1 aliphatic rings. The molecule has 31 heavy (non-hydrogen) atoms. The largest absolute Gasteiger partial charge is 0.381 e. The van der Waals surface area contributed by atoms with Crippen molar-refractivity contribution in [2.45, 2.75) is 35.2 Å². The van der Waals surface area contributed by atoms with Crippen LogP contribution in [0.2, 0.25) is 0 Å². The maximum absolute atomic E-state index is 13.0. The van der Waals surface area contributed by atoms with E-state index < -0.39 is 20.0 Å². The Kier molecular flexibility index (Phi) is 7.25. The van der Waals surface area contributed by atoms with Crippen LogP contribution < -0.4 is 9.62 Å². The topological polar surface area (TPSA) is 96.0 Å². The molecule has 1 heterocycles. The van der Waals surface area contributed by atoms with Gasteiger partial charge < -0.3 is 9.64 Å². The highest BCUT2D eigenvalue weighted by Crippen LogP contribution is 2.30. The van der Waals surface area contributed by atoms with Crippen molar-refractivity contribution in [3.8, 4) is 0 Å². The Labute approximate surface area is 184 Å². The Balaban J connectivity index is 1.84. The highest BCUT2D eigenvalue weighted by molar-refractivity contribution is 7.92. The molecule has 1 fully saturated rings. The van der Waals surface area contributed by atoms with Crippen molar-refractivity contribution < 1.29 is 21.6 Å². The number of anilines is 2. The van der Waals surface area contributed by atoms with Gasteiger partial charge in [-0.1, -0.05) is 12.1 Å². The predicted octanol–water partition coefficient (Wildman–Crippen LogP) is 2.74. The lowest BCUT2D eigenvalue weighted by Crippen LogP contribution is -2.26. The van der Waals surface area contributed by atoms with Gasteiger partial charge in [0.25, 0.3) is 10.0 Å². The third-order valence-electron chi connectivity index (χ3n) is 5.41. The van der Waals surface area contributed by atoms with Crippen LogP contribution >= 0.6 is 0 Å². The van der Waals surface area contributed by atoms with Crippen molar-refractivity contribution in [3.05, 3.63) is 48.5 Å². The lowest BCUT2D eigenvalue weighted by molar-refractivity contribution is 0.0931. The van der Waals surface area contributed by atoms with Gasteiger partial charge in [0.05, 0.1) is 27.3 Å². The molecular weight excluding hydrogens is 438 g/mol. The van der Waals surface area contributed by atoms with E-state index >= 15 is 0 Å². The van der Waals surface area contributed by atoms with Crippen molar-refractivity contribution >= 4 is 31.4 Å². The molecule has 2 aromatic rings. The first kappa shape index (κ1) is 23.5. The van der Waals surface area contributed by atoms with Crippen molar-refractivity contribution in [1.29, 1.82) is 0 Å². The van der Waals surface area contributed by atoms with E-state index in [0.29, 0.717) is 5.69 Å². The Morgan fingerprint density at radius 2 is 1.58 bits per heavy atom. The Hall–Kier alpha value is -2.14. The molecule has 10 heteroatoms. The quantitative estimate of drug-likeness (QED) is 0.673. The zero-order chi connectivity index (χ0) is 22.6. The summed E-state index contributed by atoms with van der Waals surface area (Å²) in [5, 5.41) is 0. The van der Waals surface area contributed by atoms with Gasteiger partial charge >= 0.3 is 0 Å². The van der Waals surface area contributed by atoms with E-state index in [2.05, 4.69) is 9.62 Å². The molecule has 0 radical (unpaired) electrons. The van der Waals surface area contributed by atoms with Crippen LogP contribution in [0.4, 0.5) is 11.4 Å². The number of rotatable bonds is 7. The van der Waals surface area contributed by atoms with E-state index in [1.807, 2.05) is 12.1 Å². The van der Waals surface area contributed by atoms with Crippen molar-refractivity contribution in [2.75, 3.05) is 43.9 Å². The summed E-state index contributed by atoms with van der Waals surface area (Å²) in [7, 11) is -2.95. The Morgan fingerprint density at radius 1 is 0.935 bits per heavy atom. The minimum atomic E-state index is -3.89. The number of benzene rings is 2. The Bertz CT molecular complexity index is 1100. The van der Waals surface area contributed by atoms with E-state index in [1.54, 1.807) is 19.2 Å². The average molecular weight is 468 g/mol. The first-order valence-electron chi connectivity index (χ1n) is 10.1. The molecule has 8 nitrogen and oxygen atoms in total. The molecule has 0 amide bonds. The second kappa shape index (κ2) is 9.56. The SMILES string of the molecule is COC1CCCN(c2ccccc2NS(=O)(=O)c2ccc(S(=O)(=O)N(C)C)cc2)CC1. The number of ether oxygens (including phenoxy) is 1. The van der Waals surface area contributed by atoms with Gasteiger partial charge in [-0.25, -0.2) is 21.1 Å². The van der Waals surface area contributed by atoms with Crippen LogP contribution in [-0.4, -0.2) is 61.5 Å². The number of sulfonamides is 2. The molecule has 2 aromatic carbocycles.